The van der Waals surface area contributed by atoms with Crippen molar-refractivity contribution < 1.29 is 4.79 Å². The molecule has 0 spiro atoms. The van der Waals surface area contributed by atoms with Crippen molar-refractivity contribution in [3.63, 3.8) is 0 Å². The first-order valence-electron chi connectivity index (χ1n) is 14.3. The van der Waals surface area contributed by atoms with E-state index >= 15 is 0 Å². The number of aromatic nitrogens is 1. The number of hydrogen-bond donors (Lipinski definition) is 2. The largest absolute Gasteiger partial charge is 0.361 e. The zero-order valence-corrected chi connectivity index (χ0v) is 22.1. The van der Waals surface area contributed by atoms with E-state index in [4.69, 9.17) is 0 Å². The number of carbonyl (C=O) groups excluding carboxylic acids is 1. The van der Waals surface area contributed by atoms with Crippen LogP contribution in [0.1, 0.15) is 88.3 Å². The van der Waals surface area contributed by atoms with Crippen molar-refractivity contribution in [2.24, 2.45) is 29.1 Å². The molecular weight excluding hydrogens is 430 g/mol. The van der Waals surface area contributed by atoms with Gasteiger partial charge < -0.3 is 15.2 Å². The Morgan fingerprint density at radius 1 is 1.09 bits per heavy atom. The van der Waals surface area contributed by atoms with Crippen LogP contribution in [0, 0.1) is 29.1 Å². The Labute approximate surface area is 210 Å². The maximum absolute atomic E-state index is 13.6. The lowest BCUT2D eigenvalue weighted by Crippen LogP contribution is -2.55. The molecule has 0 radical (unpaired) electrons. The number of nitrogens with one attached hydrogen (secondary N) is 2. The number of piperidine rings is 1. The number of hydrogen-bond acceptors (Lipinski definition) is 2. The van der Waals surface area contributed by atoms with Gasteiger partial charge in [-0.1, -0.05) is 26.8 Å². The molecule has 1 saturated heterocycles. The van der Waals surface area contributed by atoms with Gasteiger partial charge in [-0.05, 0) is 110 Å². The molecule has 5 fully saturated rings. The number of aromatic amines is 1. The first kappa shape index (κ1) is 22.4. The average molecular weight is 474 g/mol. The van der Waals surface area contributed by atoms with Gasteiger partial charge >= 0.3 is 0 Å². The van der Waals surface area contributed by atoms with E-state index in [1.54, 1.807) is 5.56 Å². The molecule has 4 nitrogen and oxygen atoms in total. The Morgan fingerprint density at radius 2 is 1.77 bits per heavy atom. The maximum atomic E-state index is 13.6. The summed E-state index contributed by atoms with van der Waals surface area (Å²) >= 11 is 0. The van der Waals surface area contributed by atoms with Crippen LogP contribution in [0.25, 0.3) is 10.9 Å². The normalized spacial score (nSPS) is 38.1. The lowest BCUT2D eigenvalue weighted by atomic mass is 9.49. The van der Waals surface area contributed by atoms with E-state index < -0.39 is 0 Å². The number of fused-ring (bicyclic) bond motifs is 2. The van der Waals surface area contributed by atoms with Crippen LogP contribution in [0.2, 0.25) is 0 Å². The minimum absolute atomic E-state index is 0.0318. The lowest BCUT2D eigenvalue weighted by molar-refractivity contribution is -0.146. The maximum Gasteiger partial charge on any atom is 0.226 e. The molecular formula is C31H43N3O. The molecule has 4 saturated carbocycles. The van der Waals surface area contributed by atoms with Crippen molar-refractivity contribution in [1.29, 1.82) is 0 Å². The standard InChI is InChI=1S/C31H43N3O/c1-30(2,3)23-10-25-24-8-21(17-34(4)27(24)9-22-16-32-26(11-23)28(22)25)15-33-29(35)31-12-18-5-19(13-31)7-20(6-18)14-31/h10-11,16,18-21,24,27,32H,5-9,12-15,17H2,1-4H3,(H,33,35)/t18?,19?,20?,21-,24?,27+,31?/m0/s1. The van der Waals surface area contributed by atoms with E-state index in [9.17, 15) is 4.79 Å². The van der Waals surface area contributed by atoms with Gasteiger partial charge in [-0.3, -0.25) is 4.79 Å². The van der Waals surface area contributed by atoms with Crippen LogP contribution in [0.15, 0.2) is 18.3 Å². The summed E-state index contributed by atoms with van der Waals surface area (Å²) in [5.74, 6) is 3.93. The summed E-state index contributed by atoms with van der Waals surface area (Å²) in [5, 5.41) is 5.01. The molecule has 6 aliphatic rings. The van der Waals surface area contributed by atoms with Crippen molar-refractivity contribution >= 4 is 16.8 Å². The molecule has 2 heterocycles. The number of rotatable bonds is 3. The molecule has 35 heavy (non-hydrogen) atoms. The second-order valence-corrected chi connectivity index (χ2v) is 14.4. The summed E-state index contributed by atoms with van der Waals surface area (Å²) in [5.41, 5.74) is 5.86. The number of amides is 1. The van der Waals surface area contributed by atoms with Crippen LogP contribution < -0.4 is 5.32 Å². The Morgan fingerprint density at radius 3 is 2.43 bits per heavy atom. The number of likely N-dealkylation sites (tertiary alicyclic amines) is 1. The zero-order chi connectivity index (χ0) is 24.1. The number of nitrogens with zero attached hydrogens (tertiary/aromatic N) is 1. The third-order valence-corrected chi connectivity index (χ3v) is 10.8. The van der Waals surface area contributed by atoms with E-state index in [0.29, 0.717) is 23.8 Å². The molecule has 4 heteroatoms. The number of carbonyl (C=O) groups is 1. The quantitative estimate of drug-likeness (QED) is 0.596. The zero-order valence-electron chi connectivity index (χ0n) is 22.1. The second kappa shape index (κ2) is 7.60. The SMILES string of the molecule is CN1C[C@H](CNC(=O)C23CC4CC(CC(C4)C2)C3)CC2c3cc(C(C)(C)C)cc4[nH]cc(c34)C[C@H]21. The molecule has 1 aliphatic heterocycles. The van der Waals surface area contributed by atoms with Crippen LogP contribution in [0.5, 0.6) is 0 Å². The topological polar surface area (TPSA) is 48.1 Å². The fourth-order valence-electron chi connectivity index (χ4n) is 9.52. The second-order valence-electron chi connectivity index (χ2n) is 14.4. The molecule has 5 aliphatic carbocycles. The van der Waals surface area contributed by atoms with Gasteiger partial charge in [0.2, 0.25) is 5.91 Å². The molecule has 2 N–H and O–H groups in total. The van der Waals surface area contributed by atoms with Crippen LogP contribution >= 0.6 is 0 Å². The third-order valence-electron chi connectivity index (χ3n) is 10.8. The van der Waals surface area contributed by atoms with Crippen molar-refractivity contribution in [3.8, 4) is 0 Å². The summed E-state index contributed by atoms with van der Waals surface area (Å²) < 4.78 is 0. The first-order chi connectivity index (χ1) is 16.7. The van der Waals surface area contributed by atoms with Gasteiger partial charge in [-0.2, -0.15) is 0 Å². The molecule has 8 rings (SSSR count). The van der Waals surface area contributed by atoms with E-state index in [1.165, 1.54) is 47.7 Å². The Kier molecular flexibility index (Phi) is 4.86. The summed E-state index contributed by atoms with van der Waals surface area (Å²) in [6.45, 7) is 8.89. The van der Waals surface area contributed by atoms with Crippen molar-refractivity contribution in [1.82, 2.24) is 15.2 Å². The molecule has 1 aromatic carbocycles. The monoisotopic (exact) mass is 473 g/mol. The summed E-state index contributed by atoms with van der Waals surface area (Å²) in [6, 6.07) is 5.45. The Bertz CT molecular complexity index is 1130. The van der Waals surface area contributed by atoms with Crippen LogP contribution in [0.3, 0.4) is 0 Å². The van der Waals surface area contributed by atoms with Crippen LogP contribution in [-0.2, 0) is 16.6 Å². The summed E-state index contributed by atoms with van der Waals surface area (Å²) in [7, 11) is 2.31. The average Bonchev–Trinajstić information content (AvgIpc) is 3.20. The van der Waals surface area contributed by atoms with Gasteiger partial charge in [0.15, 0.2) is 0 Å². The smallest absolute Gasteiger partial charge is 0.226 e. The fourth-order valence-corrected chi connectivity index (χ4v) is 9.52. The van der Waals surface area contributed by atoms with Gasteiger partial charge in [0, 0.05) is 47.6 Å². The predicted octanol–water partition coefficient (Wildman–Crippen LogP) is 5.76. The number of H-pyrrole nitrogens is 1. The summed E-state index contributed by atoms with van der Waals surface area (Å²) in [4.78, 5) is 19.8. The minimum Gasteiger partial charge on any atom is -0.361 e. The lowest BCUT2D eigenvalue weighted by Gasteiger charge is -2.55. The van der Waals surface area contributed by atoms with Crippen LogP contribution in [0.4, 0.5) is 0 Å². The number of benzene rings is 1. The van der Waals surface area contributed by atoms with Gasteiger partial charge in [0.05, 0.1) is 0 Å². The van der Waals surface area contributed by atoms with Crippen molar-refractivity contribution in [2.75, 3.05) is 20.1 Å². The fraction of sp³-hybridized carbons (Fsp3) is 0.710. The van der Waals surface area contributed by atoms with Crippen molar-refractivity contribution in [2.45, 2.75) is 89.5 Å². The molecule has 2 aromatic rings. The Hall–Kier alpha value is -1.81. The molecule has 1 amide bonds. The predicted molar refractivity (Wildman–Crippen MR) is 142 cm³/mol. The highest BCUT2D eigenvalue weighted by molar-refractivity contribution is 5.89. The molecule has 1 unspecified atom stereocenters. The highest BCUT2D eigenvalue weighted by Gasteiger charge is 2.54. The third kappa shape index (κ3) is 3.53. The molecule has 1 aromatic heterocycles. The minimum atomic E-state index is -0.0318. The van der Waals surface area contributed by atoms with E-state index in [-0.39, 0.29) is 10.8 Å². The Balaban J connectivity index is 1.12. The van der Waals surface area contributed by atoms with Gasteiger partial charge in [0.1, 0.15) is 0 Å². The van der Waals surface area contributed by atoms with Crippen molar-refractivity contribution in [3.05, 3.63) is 35.0 Å². The van der Waals surface area contributed by atoms with Gasteiger partial charge in [-0.15, -0.1) is 0 Å². The van der Waals surface area contributed by atoms with E-state index in [0.717, 1.165) is 56.5 Å². The van der Waals surface area contributed by atoms with Gasteiger partial charge in [-0.25, -0.2) is 0 Å². The molecule has 4 bridgehead atoms. The summed E-state index contributed by atoms with van der Waals surface area (Å²) in [6.07, 6.45) is 12.2. The first-order valence-corrected chi connectivity index (χ1v) is 14.3. The highest BCUT2D eigenvalue weighted by atomic mass is 16.2. The van der Waals surface area contributed by atoms with Crippen LogP contribution in [-0.4, -0.2) is 42.0 Å². The highest BCUT2D eigenvalue weighted by Crippen LogP contribution is 2.60. The van der Waals surface area contributed by atoms with E-state index in [2.05, 4.69) is 61.3 Å². The number of likely N-dealkylation sites (N-methyl/N-ethyl adjacent to an activating group) is 1. The van der Waals surface area contributed by atoms with Gasteiger partial charge in [0.25, 0.3) is 0 Å². The molecule has 188 valence electrons. The molecule has 3 atom stereocenters. The van der Waals surface area contributed by atoms with E-state index in [1.807, 2.05) is 0 Å².